The van der Waals surface area contributed by atoms with Crippen molar-refractivity contribution in [2.24, 2.45) is 5.16 Å². The number of oxime groups is 1. The molecule has 1 fully saturated rings. The fourth-order valence-electron chi connectivity index (χ4n) is 4.74. The van der Waals surface area contributed by atoms with Gasteiger partial charge in [0, 0.05) is 25.9 Å². The molecule has 0 bridgehead atoms. The van der Waals surface area contributed by atoms with Crippen LogP contribution in [0, 0.1) is 13.8 Å². The maximum absolute atomic E-state index is 13.3. The number of ether oxygens (including phenoxy) is 1. The zero-order chi connectivity index (χ0) is 25.0. The molecule has 2 heterocycles. The van der Waals surface area contributed by atoms with E-state index in [2.05, 4.69) is 30.3 Å². The Morgan fingerprint density at radius 2 is 1.89 bits per heavy atom. The molecule has 0 N–H and O–H groups in total. The van der Waals surface area contributed by atoms with Crippen LogP contribution in [0.3, 0.4) is 0 Å². The number of carbonyl (C=O) groups excluding carboxylic acids is 2. The monoisotopic (exact) mass is 480 g/mol. The second-order valence-corrected chi connectivity index (χ2v) is 9.59. The summed E-state index contributed by atoms with van der Waals surface area (Å²) in [5.41, 5.74) is 4.12. The Labute approximate surface area is 210 Å². The Bertz CT molecular complexity index is 958. The molecule has 1 aromatic carbocycles. The van der Waals surface area contributed by atoms with Gasteiger partial charge in [0.25, 0.3) is 5.91 Å². The average Bonchev–Trinajstić information content (AvgIpc) is 2.82. The molecule has 3 rings (SSSR count). The minimum absolute atomic E-state index is 0.0262. The van der Waals surface area contributed by atoms with Crippen molar-refractivity contribution in [3.63, 3.8) is 0 Å². The highest BCUT2D eigenvalue weighted by Gasteiger charge is 2.22. The fourth-order valence-corrected chi connectivity index (χ4v) is 4.74. The highest BCUT2D eigenvalue weighted by Crippen LogP contribution is 2.22. The Morgan fingerprint density at radius 1 is 1.11 bits per heavy atom. The SMILES string of the molecule is CCCC1C/C=C/CC/C=C/C(=N/OCC(=O)N2CCCCC2)Cc2cc(C)cc(C)c2C(=O)O1. The van der Waals surface area contributed by atoms with E-state index in [4.69, 9.17) is 9.57 Å². The number of nitrogens with zero attached hydrogens (tertiary/aromatic N) is 2. The van der Waals surface area contributed by atoms with E-state index in [-0.39, 0.29) is 24.6 Å². The summed E-state index contributed by atoms with van der Waals surface area (Å²) in [5, 5.41) is 4.33. The second-order valence-electron chi connectivity index (χ2n) is 9.59. The molecule has 35 heavy (non-hydrogen) atoms. The predicted octanol–water partition coefficient (Wildman–Crippen LogP) is 5.85. The molecular weight excluding hydrogens is 440 g/mol. The van der Waals surface area contributed by atoms with Gasteiger partial charge in [-0.1, -0.05) is 54.4 Å². The van der Waals surface area contributed by atoms with Crippen molar-refractivity contribution in [1.82, 2.24) is 4.90 Å². The molecule has 2 aliphatic rings. The van der Waals surface area contributed by atoms with Crippen LogP contribution in [0.1, 0.15) is 85.3 Å². The number of piperidine rings is 1. The van der Waals surface area contributed by atoms with Gasteiger partial charge in [-0.25, -0.2) is 4.79 Å². The lowest BCUT2D eigenvalue weighted by atomic mass is 9.94. The summed E-state index contributed by atoms with van der Waals surface area (Å²) in [6.07, 6.45) is 16.1. The Hall–Kier alpha value is -2.89. The zero-order valence-electron chi connectivity index (χ0n) is 21.6. The van der Waals surface area contributed by atoms with Gasteiger partial charge in [-0.05, 0) is 69.6 Å². The fraction of sp³-hybridized carbons (Fsp3) is 0.552. The third-order valence-corrected chi connectivity index (χ3v) is 6.48. The number of esters is 1. The number of aryl methyl sites for hydroxylation is 2. The summed E-state index contributed by atoms with van der Waals surface area (Å²) < 4.78 is 5.97. The minimum Gasteiger partial charge on any atom is -0.458 e. The summed E-state index contributed by atoms with van der Waals surface area (Å²) in [7, 11) is 0. The van der Waals surface area contributed by atoms with Crippen LogP contribution in [0.2, 0.25) is 0 Å². The van der Waals surface area contributed by atoms with Crippen LogP contribution in [-0.2, 0) is 20.8 Å². The summed E-state index contributed by atoms with van der Waals surface area (Å²) in [4.78, 5) is 33.1. The predicted molar refractivity (Wildman–Crippen MR) is 140 cm³/mol. The smallest absolute Gasteiger partial charge is 0.338 e. The van der Waals surface area contributed by atoms with E-state index >= 15 is 0 Å². The Kier molecular flexibility index (Phi) is 10.6. The maximum Gasteiger partial charge on any atom is 0.338 e. The first-order valence-corrected chi connectivity index (χ1v) is 13.1. The van der Waals surface area contributed by atoms with E-state index in [1.165, 1.54) is 6.42 Å². The van der Waals surface area contributed by atoms with Gasteiger partial charge in [-0.3, -0.25) is 4.79 Å². The first-order valence-electron chi connectivity index (χ1n) is 13.1. The van der Waals surface area contributed by atoms with E-state index in [0.717, 1.165) is 74.7 Å². The first-order chi connectivity index (χ1) is 17.0. The normalized spacial score (nSPS) is 22.6. The molecule has 0 aromatic heterocycles. The Morgan fingerprint density at radius 3 is 2.66 bits per heavy atom. The number of rotatable bonds is 5. The summed E-state index contributed by atoms with van der Waals surface area (Å²) in [6, 6.07) is 4.03. The number of hydrogen-bond donors (Lipinski definition) is 0. The third kappa shape index (κ3) is 8.37. The highest BCUT2D eigenvalue weighted by atomic mass is 16.6. The van der Waals surface area contributed by atoms with E-state index in [1.807, 2.05) is 37.0 Å². The lowest BCUT2D eigenvalue weighted by Gasteiger charge is -2.26. The number of carbonyl (C=O) groups is 2. The quantitative estimate of drug-likeness (QED) is 0.301. The van der Waals surface area contributed by atoms with Crippen LogP contribution in [-0.4, -0.2) is 48.3 Å². The van der Waals surface area contributed by atoms with Crippen LogP contribution in [0.4, 0.5) is 0 Å². The molecule has 190 valence electrons. The molecule has 0 radical (unpaired) electrons. The standard InChI is InChI=1S/C29H40N2O4/c1-4-13-26-15-10-7-5-6-9-14-25(30-34-21-27(32)31-16-11-8-12-17-31)20-24-19-22(2)18-23(3)28(24)29(33)35-26/h7,9-10,14,18-19,26H,4-6,8,11-13,15-17,20-21H2,1-3H3/b10-7+,14-9+,30-25-. The molecule has 0 aliphatic carbocycles. The molecule has 6 nitrogen and oxygen atoms in total. The number of amides is 1. The van der Waals surface area contributed by atoms with Crippen LogP contribution in [0.25, 0.3) is 0 Å². The summed E-state index contributed by atoms with van der Waals surface area (Å²) in [5.74, 6) is -0.312. The molecule has 1 unspecified atom stereocenters. The number of hydrogen-bond acceptors (Lipinski definition) is 5. The van der Waals surface area contributed by atoms with Crippen molar-refractivity contribution in [3.8, 4) is 0 Å². The van der Waals surface area contributed by atoms with Crippen molar-refractivity contribution in [1.29, 1.82) is 0 Å². The van der Waals surface area contributed by atoms with Gasteiger partial charge in [-0.15, -0.1) is 0 Å². The molecule has 1 aromatic rings. The van der Waals surface area contributed by atoms with Crippen LogP contribution in [0.5, 0.6) is 0 Å². The van der Waals surface area contributed by atoms with E-state index in [1.54, 1.807) is 0 Å². The summed E-state index contributed by atoms with van der Waals surface area (Å²) >= 11 is 0. The molecule has 0 spiro atoms. The minimum atomic E-state index is -0.286. The second kappa shape index (κ2) is 13.9. The first kappa shape index (κ1) is 26.7. The van der Waals surface area contributed by atoms with E-state index < -0.39 is 0 Å². The number of likely N-dealkylation sites (tertiary alicyclic amines) is 1. The van der Waals surface area contributed by atoms with Crippen LogP contribution < -0.4 is 0 Å². The van der Waals surface area contributed by atoms with Gasteiger partial charge in [0.1, 0.15) is 6.10 Å². The molecule has 1 atom stereocenters. The third-order valence-electron chi connectivity index (χ3n) is 6.48. The van der Waals surface area contributed by atoms with Gasteiger partial charge in [0.05, 0.1) is 11.3 Å². The van der Waals surface area contributed by atoms with Crippen molar-refractivity contribution >= 4 is 17.6 Å². The van der Waals surface area contributed by atoms with Crippen molar-refractivity contribution in [2.75, 3.05) is 19.7 Å². The van der Waals surface area contributed by atoms with Gasteiger partial charge >= 0.3 is 5.97 Å². The Balaban J connectivity index is 1.84. The lowest BCUT2D eigenvalue weighted by Crippen LogP contribution is -2.37. The average molecular weight is 481 g/mol. The molecule has 2 aliphatic heterocycles. The van der Waals surface area contributed by atoms with E-state index in [9.17, 15) is 9.59 Å². The number of cyclic esters (lactones) is 1. The molecule has 0 saturated carbocycles. The van der Waals surface area contributed by atoms with Crippen molar-refractivity contribution < 1.29 is 19.2 Å². The van der Waals surface area contributed by atoms with Gasteiger partial charge in [0.15, 0.2) is 6.61 Å². The molecule has 6 heteroatoms. The van der Waals surface area contributed by atoms with Gasteiger partial charge < -0.3 is 14.5 Å². The molecular formula is C29H40N2O4. The van der Waals surface area contributed by atoms with Crippen molar-refractivity contribution in [3.05, 3.63) is 58.7 Å². The largest absolute Gasteiger partial charge is 0.458 e. The van der Waals surface area contributed by atoms with E-state index in [0.29, 0.717) is 17.7 Å². The topological polar surface area (TPSA) is 68.2 Å². The zero-order valence-corrected chi connectivity index (χ0v) is 21.6. The lowest BCUT2D eigenvalue weighted by molar-refractivity contribution is -0.137. The number of fused-ring (bicyclic) bond motifs is 1. The van der Waals surface area contributed by atoms with Crippen molar-refractivity contribution in [2.45, 2.75) is 84.7 Å². The maximum atomic E-state index is 13.3. The van der Waals surface area contributed by atoms with Crippen LogP contribution >= 0.6 is 0 Å². The van der Waals surface area contributed by atoms with Crippen LogP contribution in [0.15, 0.2) is 41.6 Å². The number of benzene rings is 1. The molecule has 1 amide bonds. The van der Waals surface area contributed by atoms with Gasteiger partial charge in [-0.2, -0.15) is 0 Å². The van der Waals surface area contributed by atoms with Gasteiger partial charge in [0.2, 0.25) is 0 Å². The summed E-state index contributed by atoms with van der Waals surface area (Å²) in [6.45, 7) is 7.59. The number of allylic oxidation sites excluding steroid dienone is 3. The molecule has 1 saturated heterocycles. The highest BCUT2D eigenvalue weighted by molar-refractivity contribution is 6.00.